The van der Waals surface area contributed by atoms with Crippen LogP contribution in [-0.2, 0) is 11.2 Å². The molecule has 0 aliphatic rings. The summed E-state index contributed by atoms with van der Waals surface area (Å²) >= 11 is 0. The number of benzene rings is 1. The quantitative estimate of drug-likeness (QED) is 0.543. The van der Waals surface area contributed by atoms with Crippen LogP contribution in [0, 0.1) is 0 Å². The zero-order valence-electron chi connectivity index (χ0n) is 10.3. The number of hydrogen-bond donors (Lipinski definition) is 0. The van der Waals surface area contributed by atoms with Gasteiger partial charge in [0.1, 0.15) is 12.0 Å². The molecular formula is C14H20O2. The molecule has 0 radical (unpaired) electrons. The van der Waals surface area contributed by atoms with Crippen molar-refractivity contribution in [3.63, 3.8) is 0 Å². The fraction of sp³-hybridized carbons (Fsp3) is 0.500. The van der Waals surface area contributed by atoms with Crippen LogP contribution >= 0.6 is 0 Å². The van der Waals surface area contributed by atoms with Gasteiger partial charge in [0, 0.05) is 6.42 Å². The van der Waals surface area contributed by atoms with E-state index in [0.717, 1.165) is 24.9 Å². The van der Waals surface area contributed by atoms with E-state index in [4.69, 9.17) is 4.74 Å². The smallest absolute Gasteiger partial charge is 0.122 e. The van der Waals surface area contributed by atoms with Gasteiger partial charge in [-0.25, -0.2) is 0 Å². The number of aryl methyl sites for hydroxylation is 1. The minimum atomic E-state index is 0.524. The Labute approximate surface area is 97.6 Å². The van der Waals surface area contributed by atoms with Crippen LogP contribution in [0.2, 0.25) is 0 Å². The average molecular weight is 220 g/mol. The molecule has 0 N–H and O–H groups in total. The van der Waals surface area contributed by atoms with Crippen molar-refractivity contribution >= 4 is 6.29 Å². The lowest BCUT2D eigenvalue weighted by atomic mass is 9.98. The number of aldehydes is 1. The number of unbranched alkanes of at least 4 members (excludes halogenated alkanes) is 1. The average Bonchev–Trinajstić information content (AvgIpc) is 2.29. The van der Waals surface area contributed by atoms with Crippen molar-refractivity contribution in [2.45, 2.75) is 39.0 Å². The predicted molar refractivity (Wildman–Crippen MR) is 66.1 cm³/mol. The Morgan fingerprint density at radius 2 is 2.12 bits per heavy atom. The molecule has 0 aromatic heterocycles. The van der Waals surface area contributed by atoms with Crippen molar-refractivity contribution < 1.29 is 9.53 Å². The van der Waals surface area contributed by atoms with Gasteiger partial charge < -0.3 is 9.53 Å². The molecule has 2 nitrogen and oxygen atoms in total. The lowest BCUT2D eigenvalue weighted by molar-refractivity contribution is -0.107. The molecule has 0 fully saturated rings. The number of carbonyl (C=O) groups excluding carboxylic acids is 1. The van der Waals surface area contributed by atoms with Crippen molar-refractivity contribution in [3.05, 3.63) is 29.3 Å². The van der Waals surface area contributed by atoms with E-state index in [9.17, 15) is 4.79 Å². The molecule has 0 amide bonds. The van der Waals surface area contributed by atoms with E-state index in [1.807, 2.05) is 6.07 Å². The fourth-order valence-corrected chi connectivity index (χ4v) is 1.73. The monoisotopic (exact) mass is 220 g/mol. The predicted octanol–water partition coefficient (Wildman–Crippen LogP) is 3.34. The zero-order valence-corrected chi connectivity index (χ0v) is 10.3. The molecule has 0 atom stereocenters. The highest BCUT2D eigenvalue weighted by Gasteiger charge is 2.06. The lowest BCUT2D eigenvalue weighted by Crippen LogP contribution is -1.96. The summed E-state index contributed by atoms with van der Waals surface area (Å²) in [7, 11) is 1.69. The molecule has 0 bridgehead atoms. The molecular weight excluding hydrogens is 200 g/mol. The van der Waals surface area contributed by atoms with Crippen molar-refractivity contribution in [2.75, 3.05) is 7.11 Å². The van der Waals surface area contributed by atoms with Crippen LogP contribution in [0.25, 0.3) is 0 Å². The van der Waals surface area contributed by atoms with Crippen LogP contribution in [0.15, 0.2) is 18.2 Å². The van der Waals surface area contributed by atoms with Gasteiger partial charge in [-0.15, -0.1) is 0 Å². The van der Waals surface area contributed by atoms with Gasteiger partial charge in [-0.2, -0.15) is 0 Å². The van der Waals surface area contributed by atoms with Gasteiger partial charge in [0.05, 0.1) is 7.11 Å². The normalized spacial score (nSPS) is 10.5. The SMILES string of the molecule is COc1ccc(C(C)C)cc1CCCC=O. The Balaban J connectivity index is 2.84. The third-order valence-electron chi connectivity index (χ3n) is 2.74. The molecule has 1 rings (SSSR count). The summed E-state index contributed by atoms with van der Waals surface area (Å²) in [5.74, 6) is 1.45. The number of ether oxygens (including phenoxy) is 1. The van der Waals surface area contributed by atoms with Gasteiger partial charge >= 0.3 is 0 Å². The van der Waals surface area contributed by atoms with Crippen molar-refractivity contribution in [1.29, 1.82) is 0 Å². The van der Waals surface area contributed by atoms with Gasteiger partial charge in [0.15, 0.2) is 0 Å². The molecule has 0 saturated carbocycles. The summed E-state index contributed by atoms with van der Waals surface area (Å²) in [6, 6.07) is 6.31. The van der Waals surface area contributed by atoms with E-state index in [2.05, 4.69) is 26.0 Å². The maximum atomic E-state index is 10.3. The summed E-state index contributed by atoms with van der Waals surface area (Å²) in [5, 5.41) is 0. The van der Waals surface area contributed by atoms with E-state index in [1.54, 1.807) is 7.11 Å². The van der Waals surface area contributed by atoms with Gasteiger partial charge in [-0.1, -0.05) is 26.0 Å². The minimum absolute atomic E-state index is 0.524. The minimum Gasteiger partial charge on any atom is -0.496 e. The Kier molecular flexibility index (Phi) is 5.03. The van der Waals surface area contributed by atoms with Crippen LogP contribution in [0.3, 0.4) is 0 Å². The molecule has 0 heterocycles. The van der Waals surface area contributed by atoms with E-state index in [0.29, 0.717) is 12.3 Å². The lowest BCUT2D eigenvalue weighted by Gasteiger charge is -2.12. The summed E-state index contributed by atoms with van der Waals surface area (Å²) in [5.41, 5.74) is 2.53. The van der Waals surface area contributed by atoms with Crippen LogP contribution < -0.4 is 4.74 Å². The third-order valence-corrected chi connectivity index (χ3v) is 2.74. The summed E-state index contributed by atoms with van der Waals surface area (Å²) in [4.78, 5) is 10.3. The van der Waals surface area contributed by atoms with Crippen LogP contribution in [0.4, 0.5) is 0 Å². The molecule has 0 saturated heterocycles. The number of methoxy groups -OCH3 is 1. The first kappa shape index (κ1) is 12.8. The number of rotatable bonds is 6. The summed E-state index contributed by atoms with van der Waals surface area (Å²) < 4.78 is 5.32. The highest BCUT2D eigenvalue weighted by Crippen LogP contribution is 2.25. The zero-order chi connectivity index (χ0) is 12.0. The number of carbonyl (C=O) groups is 1. The van der Waals surface area contributed by atoms with E-state index in [-0.39, 0.29) is 0 Å². The largest absolute Gasteiger partial charge is 0.496 e. The van der Waals surface area contributed by atoms with Crippen molar-refractivity contribution in [1.82, 2.24) is 0 Å². The Bertz CT molecular complexity index is 343. The molecule has 0 spiro atoms. The highest BCUT2D eigenvalue weighted by molar-refractivity contribution is 5.49. The number of hydrogen-bond acceptors (Lipinski definition) is 2. The molecule has 1 aromatic carbocycles. The molecule has 0 aliphatic carbocycles. The van der Waals surface area contributed by atoms with E-state index >= 15 is 0 Å². The van der Waals surface area contributed by atoms with Gasteiger partial charge in [0.25, 0.3) is 0 Å². The third kappa shape index (κ3) is 3.37. The summed E-state index contributed by atoms with van der Waals surface area (Å²) in [6.45, 7) is 4.36. The van der Waals surface area contributed by atoms with Gasteiger partial charge in [0.2, 0.25) is 0 Å². The maximum Gasteiger partial charge on any atom is 0.122 e. The fourth-order valence-electron chi connectivity index (χ4n) is 1.73. The van der Waals surface area contributed by atoms with Crippen molar-refractivity contribution in [3.8, 4) is 5.75 Å². The first-order valence-electron chi connectivity index (χ1n) is 5.79. The first-order valence-corrected chi connectivity index (χ1v) is 5.79. The molecule has 2 heteroatoms. The van der Waals surface area contributed by atoms with Gasteiger partial charge in [-0.05, 0) is 36.0 Å². The second-order valence-corrected chi connectivity index (χ2v) is 4.28. The van der Waals surface area contributed by atoms with Crippen LogP contribution in [-0.4, -0.2) is 13.4 Å². The molecule has 0 aliphatic heterocycles. The Morgan fingerprint density at radius 1 is 1.38 bits per heavy atom. The molecule has 88 valence electrons. The highest BCUT2D eigenvalue weighted by atomic mass is 16.5. The molecule has 16 heavy (non-hydrogen) atoms. The molecule has 0 unspecified atom stereocenters. The first-order chi connectivity index (χ1) is 7.69. The standard InChI is InChI=1S/C14H20O2/c1-11(2)12-7-8-14(16-3)13(10-12)6-4-5-9-15/h7-11H,4-6H2,1-3H3. The second kappa shape index (κ2) is 6.31. The Hall–Kier alpha value is -1.31. The Morgan fingerprint density at radius 3 is 2.69 bits per heavy atom. The van der Waals surface area contributed by atoms with Crippen LogP contribution in [0.1, 0.15) is 43.7 Å². The maximum absolute atomic E-state index is 10.3. The second-order valence-electron chi connectivity index (χ2n) is 4.28. The van der Waals surface area contributed by atoms with E-state index < -0.39 is 0 Å². The summed E-state index contributed by atoms with van der Waals surface area (Å²) in [6.07, 6.45) is 3.39. The topological polar surface area (TPSA) is 26.3 Å². The molecule has 1 aromatic rings. The van der Waals surface area contributed by atoms with Crippen molar-refractivity contribution in [2.24, 2.45) is 0 Å². The van der Waals surface area contributed by atoms with Crippen LogP contribution in [0.5, 0.6) is 5.75 Å². The van der Waals surface area contributed by atoms with E-state index in [1.165, 1.54) is 11.1 Å². The van der Waals surface area contributed by atoms with Gasteiger partial charge in [-0.3, -0.25) is 0 Å².